The third-order valence-electron chi connectivity index (χ3n) is 6.27. The molecule has 1 aromatic rings. The minimum Gasteiger partial charge on any atom is -0.325 e. The number of hydrogen-bond donors (Lipinski definition) is 1. The van der Waals surface area contributed by atoms with E-state index in [1.807, 2.05) is 30.0 Å². The second-order valence-corrected chi connectivity index (χ2v) is 9.74. The summed E-state index contributed by atoms with van der Waals surface area (Å²) in [5.74, 6) is 0. The number of urea groups is 1. The molecule has 1 rings (SSSR count). The summed E-state index contributed by atoms with van der Waals surface area (Å²) in [6.45, 7) is 8.19. The number of rotatable bonds is 19. The van der Waals surface area contributed by atoms with Crippen LogP contribution in [-0.4, -0.2) is 24.0 Å². The van der Waals surface area contributed by atoms with Crippen molar-refractivity contribution in [2.24, 2.45) is 0 Å². The Balaban J connectivity index is 2.40. The smallest absolute Gasteiger partial charge is 0.321 e. The number of benzene rings is 1. The van der Waals surface area contributed by atoms with Crippen molar-refractivity contribution in [3.05, 3.63) is 28.8 Å². The molecule has 0 heterocycles. The van der Waals surface area contributed by atoms with Gasteiger partial charge >= 0.3 is 6.03 Å². The van der Waals surface area contributed by atoms with Crippen LogP contribution in [0.3, 0.4) is 0 Å². The van der Waals surface area contributed by atoms with Crippen LogP contribution < -0.4 is 5.32 Å². The van der Waals surface area contributed by atoms with Gasteiger partial charge < -0.3 is 10.2 Å². The standard InChI is InChI=1S/C28H49ClN2O/c1-4-6-8-10-12-14-16-18-22-31(23-19-17-15-13-11-9-7-5-2)28(32)30-26-21-20-25(3)27(29)24-26/h20-21,24H,4-19,22-23H2,1-3H3,(H,30,32). The van der Waals surface area contributed by atoms with Crippen LogP contribution in [0.1, 0.15) is 122 Å². The SMILES string of the molecule is CCCCCCCCCCN(CCCCCCCCCC)C(=O)Nc1ccc(C)c(Cl)c1. The molecule has 32 heavy (non-hydrogen) atoms. The average Bonchev–Trinajstić information content (AvgIpc) is 2.78. The van der Waals surface area contributed by atoms with E-state index < -0.39 is 0 Å². The Morgan fingerprint density at radius 3 is 1.62 bits per heavy atom. The highest BCUT2D eigenvalue weighted by Gasteiger charge is 2.13. The number of halogens is 1. The number of carbonyl (C=O) groups is 1. The first-order valence-corrected chi connectivity index (χ1v) is 13.8. The highest BCUT2D eigenvalue weighted by atomic mass is 35.5. The molecule has 0 radical (unpaired) electrons. The van der Waals surface area contributed by atoms with Crippen LogP contribution in [0.4, 0.5) is 10.5 Å². The number of nitrogens with one attached hydrogen (secondary N) is 1. The molecule has 2 amide bonds. The summed E-state index contributed by atoms with van der Waals surface area (Å²) in [6, 6.07) is 5.75. The number of anilines is 1. The number of hydrogen-bond acceptors (Lipinski definition) is 1. The van der Waals surface area contributed by atoms with Gasteiger partial charge in [-0.2, -0.15) is 0 Å². The lowest BCUT2D eigenvalue weighted by Crippen LogP contribution is -2.36. The van der Waals surface area contributed by atoms with Gasteiger partial charge in [0.15, 0.2) is 0 Å². The highest BCUT2D eigenvalue weighted by Crippen LogP contribution is 2.20. The van der Waals surface area contributed by atoms with Gasteiger partial charge in [-0.1, -0.05) is 121 Å². The van der Waals surface area contributed by atoms with Gasteiger partial charge in [-0.25, -0.2) is 4.79 Å². The Morgan fingerprint density at radius 1 is 0.750 bits per heavy atom. The summed E-state index contributed by atoms with van der Waals surface area (Å²) in [5.41, 5.74) is 1.81. The largest absolute Gasteiger partial charge is 0.325 e. The lowest BCUT2D eigenvalue weighted by atomic mass is 10.1. The summed E-state index contributed by atoms with van der Waals surface area (Å²) in [7, 11) is 0. The molecule has 3 nitrogen and oxygen atoms in total. The second kappa shape index (κ2) is 19.3. The van der Waals surface area contributed by atoms with Crippen LogP contribution in [0.5, 0.6) is 0 Å². The fraction of sp³-hybridized carbons (Fsp3) is 0.750. The van der Waals surface area contributed by atoms with Crippen molar-refractivity contribution < 1.29 is 4.79 Å². The number of aryl methyl sites for hydroxylation is 1. The van der Waals surface area contributed by atoms with Gasteiger partial charge in [0.2, 0.25) is 0 Å². The minimum absolute atomic E-state index is 0.0100. The average molecular weight is 465 g/mol. The van der Waals surface area contributed by atoms with Gasteiger partial charge in [-0.3, -0.25) is 0 Å². The van der Waals surface area contributed by atoms with Crippen molar-refractivity contribution in [1.82, 2.24) is 4.90 Å². The molecule has 0 atom stereocenters. The maximum Gasteiger partial charge on any atom is 0.321 e. The van der Waals surface area contributed by atoms with Gasteiger partial charge in [0.05, 0.1) is 0 Å². The lowest BCUT2D eigenvalue weighted by molar-refractivity contribution is 0.209. The molecule has 0 unspecified atom stereocenters. The van der Waals surface area contributed by atoms with Crippen molar-refractivity contribution in [2.75, 3.05) is 18.4 Å². The highest BCUT2D eigenvalue weighted by molar-refractivity contribution is 6.31. The molecular formula is C28H49ClN2O. The lowest BCUT2D eigenvalue weighted by Gasteiger charge is -2.23. The number of carbonyl (C=O) groups excluding carboxylic acids is 1. The topological polar surface area (TPSA) is 32.3 Å². The van der Waals surface area contributed by atoms with Gasteiger partial charge in [-0.05, 0) is 37.5 Å². The van der Waals surface area contributed by atoms with Crippen LogP contribution in [0, 0.1) is 6.92 Å². The van der Waals surface area contributed by atoms with E-state index in [4.69, 9.17) is 11.6 Å². The molecular weight excluding hydrogens is 416 g/mol. The monoisotopic (exact) mass is 464 g/mol. The summed E-state index contributed by atoms with van der Waals surface area (Å²) in [5, 5.41) is 3.76. The Hall–Kier alpha value is -1.22. The third-order valence-corrected chi connectivity index (χ3v) is 6.68. The Bertz CT molecular complexity index is 585. The Kier molecular flexibility index (Phi) is 17.3. The van der Waals surface area contributed by atoms with Crippen molar-refractivity contribution in [2.45, 2.75) is 124 Å². The summed E-state index contributed by atoms with van der Waals surface area (Å²) >= 11 is 6.24. The predicted octanol–water partition coefficient (Wildman–Crippen LogP) is 9.76. The summed E-state index contributed by atoms with van der Waals surface area (Å²) in [4.78, 5) is 15.0. The normalized spacial score (nSPS) is 11.0. The Labute approximate surface area is 203 Å². The molecule has 1 N–H and O–H groups in total. The molecule has 1 aromatic carbocycles. The first-order valence-electron chi connectivity index (χ1n) is 13.4. The van der Waals surface area contributed by atoms with Gasteiger partial charge in [0.1, 0.15) is 0 Å². The fourth-order valence-corrected chi connectivity index (χ4v) is 4.24. The molecule has 0 spiro atoms. The molecule has 0 saturated carbocycles. The molecule has 0 saturated heterocycles. The van der Waals surface area contributed by atoms with Crippen molar-refractivity contribution >= 4 is 23.3 Å². The molecule has 4 heteroatoms. The Morgan fingerprint density at radius 2 is 1.19 bits per heavy atom. The zero-order chi connectivity index (χ0) is 23.4. The zero-order valence-electron chi connectivity index (χ0n) is 21.2. The summed E-state index contributed by atoms with van der Waals surface area (Å²) < 4.78 is 0. The van der Waals surface area contributed by atoms with E-state index in [-0.39, 0.29) is 6.03 Å². The van der Waals surface area contributed by atoms with Crippen LogP contribution >= 0.6 is 11.6 Å². The number of unbranched alkanes of at least 4 members (excludes halogenated alkanes) is 14. The molecule has 0 aliphatic heterocycles. The summed E-state index contributed by atoms with van der Waals surface area (Å²) in [6.07, 6.45) is 20.6. The third kappa shape index (κ3) is 14.0. The van der Waals surface area contributed by atoms with E-state index >= 15 is 0 Å². The minimum atomic E-state index is 0.0100. The molecule has 184 valence electrons. The first-order chi connectivity index (χ1) is 15.6. The molecule has 0 aliphatic carbocycles. The van der Waals surface area contributed by atoms with Crippen LogP contribution in [0.15, 0.2) is 18.2 Å². The fourth-order valence-electron chi connectivity index (χ4n) is 4.06. The van der Waals surface area contributed by atoms with E-state index in [1.165, 1.54) is 89.9 Å². The molecule has 0 aliphatic rings. The van der Waals surface area contributed by atoms with Crippen LogP contribution in [-0.2, 0) is 0 Å². The van der Waals surface area contributed by atoms with E-state index in [1.54, 1.807) is 0 Å². The van der Waals surface area contributed by atoms with Crippen molar-refractivity contribution in [1.29, 1.82) is 0 Å². The van der Waals surface area contributed by atoms with E-state index in [0.29, 0.717) is 5.02 Å². The van der Waals surface area contributed by atoms with Crippen LogP contribution in [0.25, 0.3) is 0 Å². The van der Waals surface area contributed by atoms with Gasteiger partial charge in [-0.15, -0.1) is 0 Å². The quantitative estimate of drug-likeness (QED) is 0.203. The van der Waals surface area contributed by atoms with Crippen molar-refractivity contribution in [3.63, 3.8) is 0 Å². The zero-order valence-corrected chi connectivity index (χ0v) is 21.9. The van der Waals surface area contributed by atoms with E-state index in [0.717, 1.165) is 37.2 Å². The molecule has 0 fully saturated rings. The maximum absolute atomic E-state index is 13.0. The van der Waals surface area contributed by atoms with E-state index in [2.05, 4.69) is 19.2 Å². The van der Waals surface area contributed by atoms with Gasteiger partial charge in [0, 0.05) is 23.8 Å². The predicted molar refractivity (Wildman–Crippen MR) is 142 cm³/mol. The number of amides is 2. The van der Waals surface area contributed by atoms with Crippen LogP contribution in [0.2, 0.25) is 5.02 Å². The second-order valence-electron chi connectivity index (χ2n) is 9.33. The molecule has 0 bridgehead atoms. The van der Waals surface area contributed by atoms with Crippen molar-refractivity contribution in [3.8, 4) is 0 Å². The maximum atomic E-state index is 13.0. The van der Waals surface area contributed by atoms with E-state index in [9.17, 15) is 4.79 Å². The number of nitrogens with zero attached hydrogens (tertiary/aromatic N) is 1. The first kappa shape index (κ1) is 28.8. The van der Waals surface area contributed by atoms with Gasteiger partial charge in [0.25, 0.3) is 0 Å². The molecule has 0 aromatic heterocycles.